The van der Waals surface area contributed by atoms with E-state index in [1.165, 1.54) is 22.3 Å². The molecule has 4 rings (SSSR count). The number of halogens is 1. The molecule has 2 aliphatic rings. The standard InChI is InChI=1S/C9H10BrN2.C9H11N2.2Ac/c1-12-4-6-7(5-12)9(11)3-2-8(6)10;1-11-5-7-3-2-4-9(10)8(7)6-11;;/h2-3,11H,4-5H2,1H3;2-4,10H,5-6H2,1H3;;/q2*-1;;. The third-order valence-corrected chi connectivity index (χ3v) is 5.11. The molecule has 0 saturated carbocycles. The number of hydrogen-bond donors (Lipinski definition) is 0. The fraction of sp³-hybridized carbons (Fsp3) is 0.333. The molecule has 128 valence electrons. The van der Waals surface area contributed by atoms with E-state index in [9.17, 15) is 0 Å². The van der Waals surface area contributed by atoms with Crippen LogP contribution in [-0.2, 0) is 26.2 Å². The molecule has 2 aromatic carbocycles. The smallest absolute Gasteiger partial charge is 0.0248 e. The van der Waals surface area contributed by atoms with Crippen LogP contribution in [0.1, 0.15) is 22.3 Å². The van der Waals surface area contributed by atoms with Gasteiger partial charge in [0.15, 0.2) is 0 Å². The number of fused-ring (bicyclic) bond motifs is 2. The van der Waals surface area contributed by atoms with Crippen molar-refractivity contribution in [2.75, 3.05) is 14.1 Å². The molecule has 0 saturated heterocycles. The number of benzene rings is 2. The number of nitrogens with zero attached hydrogens (tertiary/aromatic N) is 2. The predicted molar refractivity (Wildman–Crippen MR) is 98.9 cm³/mol. The summed E-state index contributed by atoms with van der Waals surface area (Å²) in [5, 5.41) is 0. The van der Waals surface area contributed by atoms with Crippen molar-refractivity contribution in [1.82, 2.24) is 9.80 Å². The zero-order valence-electron chi connectivity index (χ0n) is 14.6. The summed E-state index contributed by atoms with van der Waals surface area (Å²) in [7, 11) is 4.16. The number of rotatable bonds is 0. The SMILES string of the molecule is CN1Cc2c([NH-])ccc(Br)c2C1.CN1Cc2cccc([NH-])c2C1.[Ac].[Ac]. The summed E-state index contributed by atoms with van der Waals surface area (Å²) in [5.74, 6) is 0. The maximum Gasteiger partial charge on any atom is 0.0248 e. The normalized spacial score (nSPS) is 15.3. The Bertz CT molecular complexity index is 708. The Balaban J connectivity index is 0.000000232. The summed E-state index contributed by atoms with van der Waals surface area (Å²) in [6.07, 6.45) is 0. The fourth-order valence-corrected chi connectivity index (χ4v) is 3.69. The van der Waals surface area contributed by atoms with Crippen LogP contribution in [0.25, 0.3) is 11.5 Å². The maximum absolute atomic E-state index is 7.69. The maximum atomic E-state index is 7.69. The van der Waals surface area contributed by atoms with Crippen molar-refractivity contribution in [3.63, 3.8) is 0 Å². The van der Waals surface area contributed by atoms with Crippen molar-refractivity contribution in [2.45, 2.75) is 26.2 Å². The van der Waals surface area contributed by atoms with Gasteiger partial charge in [-0.05, 0) is 42.4 Å². The van der Waals surface area contributed by atoms with E-state index in [0.717, 1.165) is 30.7 Å². The van der Waals surface area contributed by atoms with Gasteiger partial charge in [-0.3, -0.25) is 9.80 Å². The molecule has 0 atom stereocenters. The van der Waals surface area contributed by atoms with Gasteiger partial charge in [0.2, 0.25) is 0 Å². The molecule has 0 unspecified atom stereocenters. The van der Waals surface area contributed by atoms with Crippen molar-refractivity contribution in [1.29, 1.82) is 0 Å². The first-order valence-corrected chi connectivity index (χ1v) is 8.46. The Kier molecular flexibility index (Phi) is 10.5. The fourth-order valence-electron chi connectivity index (χ4n) is 3.20. The second-order valence-corrected chi connectivity index (χ2v) is 7.19. The Labute approximate surface area is 230 Å². The van der Waals surface area contributed by atoms with Crippen LogP contribution < -0.4 is 0 Å². The summed E-state index contributed by atoms with van der Waals surface area (Å²) in [6.45, 7) is 3.81. The minimum absolute atomic E-state index is 0. The zero-order chi connectivity index (χ0) is 16.6. The molecule has 0 fully saturated rings. The van der Waals surface area contributed by atoms with Gasteiger partial charge in [0.05, 0.1) is 0 Å². The van der Waals surface area contributed by atoms with Crippen molar-refractivity contribution < 1.29 is 88.1 Å². The summed E-state index contributed by atoms with van der Waals surface area (Å²) < 4.78 is 1.14. The topological polar surface area (TPSA) is 54.1 Å². The van der Waals surface area contributed by atoms with Gasteiger partial charge in [-0.25, -0.2) is 0 Å². The minimum Gasteiger partial charge on any atom is -0.698 e. The van der Waals surface area contributed by atoms with Crippen LogP contribution in [-0.4, -0.2) is 23.9 Å². The Hall–Kier alpha value is 1.32. The minimum atomic E-state index is 0. The van der Waals surface area contributed by atoms with Gasteiger partial charge in [0.1, 0.15) is 0 Å². The first-order chi connectivity index (χ1) is 11.0. The van der Waals surface area contributed by atoms with E-state index >= 15 is 0 Å². The number of hydrogen-bond acceptors (Lipinski definition) is 2. The summed E-state index contributed by atoms with van der Waals surface area (Å²) in [4.78, 5) is 4.44. The van der Waals surface area contributed by atoms with Crippen molar-refractivity contribution >= 4 is 27.3 Å². The Morgan fingerprint density at radius 2 is 1.32 bits per heavy atom. The first kappa shape index (κ1) is 24.4. The van der Waals surface area contributed by atoms with Crippen LogP contribution in [0.4, 0.5) is 11.4 Å². The third kappa shape index (κ3) is 5.90. The number of nitrogens with one attached hydrogen (secondary N) is 2. The molecule has 0 aromatic heterocycles. The average molecular weight is 827 g/mol. The van der Waals surface area contributed by atoms with Crippen LogP contribution in [0.15, 0.2) is 34.8 Å². The predicted octanol–water partition coefficient (Wildman–Crippen LogP) is 5.39. The van der Waals surface area contributed by atoms with Gasteiger partial charge in [0, 0.05) is 119 Å². The van der Waals surface area contributed by atoms with E-state index in [1.54, 1.807) is 0 Å². The van der Waals surface area contributed by atoms with Crippen LogP contribution >= 0.6 is 15.9 Å². The van der Waals surface area contributed by atoms with Crippen LogP contribution in [0.3, 0.4) is 0 Å². The van der Waals surface area contributed by atoms with E-state index in [1.807, 2.05) is 24.3 Å². The molecule has 25 heavy (non-hydrogen) atoms. The van der Waals surface area contributed by atoms with Gasteiger partial charge in [-0.1, -0.05) is 40.2 Å². The van der Waals surface area contributed by atoms with Gasteiger partial charge in [0.25, 0.3) is 0 Å². The van der Waals surface area contributed by atoms with Crippen LogP contribution in [0.5, 0.6) is 0 Å². The molecule has 0 aliphatic carbocycles. The average Bonchev–Trinajstić information content (AvgIpc) is 3.08. The van der Waals surface area contributed by atoms with E-state index < -0.39 is 0 Å². The van der Waals surface area contributed by atoms with E-state index in [0.29, 0.717) is 11.4 Å². The van der Waals surface area contributed by atoms with Gasteiger partial charge < -0.3 is 11.5 Å². The Morgan fingerprint density at radius 1 is 0.760 bits per heavy atom. The molecular formula is C18H21Ac2BrN4-2. The van der Waals surface area contributed by atoms with Crippen molar-refractivity contribution in [3.8, 4) is 0 Å². The Morgan fingerprint density at radius 3 is 1.96 bits per heavy atom. The molecule has 2 aliphatic heterocycles. The molecule has 4 nitrogen and oxygen atoms in total. The molecule has 2 radical (unpaired) electrons. The molecule has 7 heteroatoms. The largest absolute Gasteiger partial charge is 0.698 e. The van der Waals surface area contributed by atoms with E-state index in [2.05, 4.69) is 45.9 Å². The summed E-state index contributed by atoms with van der Waals surface area (Å²) >= 11 is 3.50. The summed E-state index contributed by atoms with van der Waals surface area (Å²) in [6, 6.07) is 9.73. The van der Waals surface area contributed by atoms with Crippen molar-refractivity contribution in [2.24, 2.45) is 0 Å². The van der Waals surface area contributed by atoms with Gasteiger partial charge in [-0.15, -0.1) is 11.4 Å². The molecular weight excluding hydrogens is 806 g/mol. The molecule has 0 bridgehead atoms. The second-order valence-electron chi connectivity index (χ2n) is 6.34. The molecule has 0 amide bonds. The quantitative estimate of drug-likeness (QED) is 0.358. The monoisotopic (exact) mass is 826 g/mol. The van der Waals surface area contributed by atoms with Crippen molar-refractivity contribution in [3.05, 3.63) is 68.5 Å². The summed E-state index contributed by atoms with van der Waals surface area (Å²) in [5.41, 5.74) is 21.6. The molecule has 0 spiro atoms. The first-order valence-electron chi connectivity index (χ1n) is 7.67. The van der Waals surface area contributed by atoms with Crippen LogP contribution in [0.2, 0.25) is 0 Å². The van der Waals surface area contributed by atoms with Gasteiger partial charge in [-0.2, -0.15) is 0 Å². The third-order valence-electron chi connectivity index (χ3n) is 4.37. The molecule has 2 aromatic rings. The zero-order valence-corrected chi connectivity index (χ0v) is 25.7. The van der Waals surface area contributed by atoms with Crippen LogP contribution in [0, 0.1) is 88.1 Å². The second kappa shape index (κ2) is 10.8. The molecule has 2 N–H and O–H groups in total. The van der Waals surface area contributed by atoms with Gasteiger partial charge >= 0.3 is 0 Å². The van der Waals surface area contributed by atoms with E-state index in [4.69, 9.17) is 11.5 Å². The van der Waals surface area contributed by atoms with E-state index in [-0.39, 0.29) is 88.1 Å². The molecule has 2 heterocycles.